The van der Waals surface area contributed by atoms with Crippen LogP contribution in [0.3, 0.4) is 0 Å². The molecule has 0 saturated heterocycles. The summed E-state index contributed by atoms with van der Waals surface area (Å²) in [6.07, 6.45) is 2.24. The molecule has 2 unspecified atom stereocenters. The Morgan fingerprint density at radius 2 is 2.20 bits per heavy atom. The van der Waals surface area contributed by atoms with Crippen molar-refractivity contribution < 1.29 is 0 Å². The van der Waals surface area contributed by atoms with Crippen LogP contribution in [0.15, 0.2) is 0 Å². The highest BCUT2D eigenvalue weighted by molar-refractivity contribution is 8.48. The number of nitrogens with two attached hydrogens (primary N) is 1. The molecule has 10 heavy (non-hydrogen) atoms. The molecule has 0 amide bonds. The predicted molar refractivity (Wildman–Crippen MR) is 55.5 cm³/mol. The largest absolute Gasteiger partial charge is 0.319 e. The van der Waals surface area contributed by atoms with E-state index in [-0.39, 0.29) is 9.45 Å². The zero-order valence-corrected chi connectivity index (χ0v) is 8.95. The summed E-state index contributed by atoms with van der Waals surface area (Å²) < 4.78 is 0. The van der Waals surface area contributed by atoms with Gasteiger partial charge in [0, 0.05) is 0 Å². The van der Waals surface area contributed by atoms with Crippen LogP contribution >= 0.6 is 0 Å². The van der Waals surface area contributed by atoms with E-state index in [1.54, 1.807) is 0 Å². The van der Waals surface area contributed by atoms with Crippen molar-refractivity contribution >= 4 is 29.5 Å². The Labute approximate surface area is 73.2 Å². The Balaban J connectivity index is 3.95. The van der Waals surface area contributed by atoms with Crippen molar-refractivity contribution in [2.45, 2.75) is 32.1 Å². The highest BCUT2D eigenvalue weighted by Gasteiger charge is 2.02. The summed E-state index contributed by atoms with van der Waals surface area (Å²) in [6, 6.07) is 0. The van der Waals surface area contributed by atoms with Gasteiger partial charge in [0.05, 0.1) is 5.37 Å². The van der Waals surface area contributed by atoms with Crippen LogP contribution in [0.4, 0.5) is 0 Å². The van der Waals surface area contributed by atoms with Crippen LogP contribution in [0.2, 0.25) is 0 Å². The van der Waals surface area contributed by atoms with Crippen molar-refractivity contribution in [3.8, 4) is 0 Å². The SMILES string of the molecule is CCCS(=S=S)C(N)CC. The lowest BCUT2D eigenvalue weighted by atomic mass is 10.5. The van der Waals surface area contributed by atoms with Gasteiger partial charge in [0.2, 0.25) is 0 Å². The fraction of sp³-hybridized carbons (Fsp3) is 1.00. The Hall–Kier alpha value is 0.750. The fourth-order valence-electron chi connectivity index (χ4n) is 0.623. The Kier molecular flexibility index (Phi) is 6.94. The van der Waals surface area contributed by atoms with Crippen LogP contribution in [-0.4, -0.2) is 11.1 Å². The number of rotatable bonds is 4. The summed E-state index contributed by atoms with van der Waals surface area (Å²) in [5.74, 6) is 1.18. The van der Waals surface area contributed by atoms with E-state index in [9.17, 15) is 0 Å². The maximum atomic E-state index is 5.84. The Bertz CT molecular complexity index is 140. The minimum absolute atomic E-state index is 0.233. The molecule has 2 atom stereocenters. The van der Waals surface area contributed by atoms with E-state index in [4.69, 9.17) is 16.9 Å². The van der Waals surface area contributed by atoms with E-state index in [2.05, 4.69) is 13.8 Å². The van der Waals surface area contributed by atoms with Crippen molar-refractivity contribution in [3.05, 3.63) is 0 Å². The van der Waals surface area contributed by atoms with Crippen LogP contribution in [-0.2, 0) is 29.5 Å². The van der Waals surface area contributed by atoms with Gasteiger partial charge in [-0.25, -0.2) is 0 Å². The van der Waals surface area contributed by atoms with E-state index >= 15 is 0 Å². The fourth-order valence-corrected chi connectivity index (χ4v) is 4.80. The second kappa shape index (κ2) is 6.46. The molecule has 0 radical (unpaired) electrons. The van der Waals surface area contributed by atoms with Gasteiger partial charge in [0.15, 0.2) is 0 Å². The summed E-state index contributed by atoms with van der Waals surface area (Å²) in [5.41, 5.74) is 5.84. The van der Waals surface area contributed by atoms with Gasteiger partial charge >= 0.3 is 0 Å². The van der Waals surface area contributed by atoms with Crippen LogP contribution in [0, 0.1) is 0 Å². The standard InChI is InChI=1S/C6H15NS3/c1-3-5-10(9-8)6(7)4-2/h6H,3-5,7H2,1-2H3. The lowest BCUT2D eigenvalue weighted by molar-refractivity contribution is 0.862. The number of hydrogen-bond donors (Lipinski definition) is 1. The molecule has 0 aromatic carbocycles. The average molecular weight is 197 g/mol. The smallest absolute Gasteiger partial charge is 0.0550 e. The van der Waals surface area contributed by atoms with Crippen molar-refractivity contribution in [2.75, 3.05) is 5.75 Å². The molecule has 0 spiro atoms. The molecule has 4 heteroatoms. The van der Waals surface area contributed by atoms with Gasteiger partial charge in [0.25, 0.3) is 0 Å². The van der Waals surface area contributed by atoms with Gasteiger partial charge in [-0.15, -0.1) is 9.45 Å². The summed E-state index contributed by atoms with van der Waals surface area (Å²) in [4.78, 5) is 0. The molecule has 0 aliphatic heterocycles. The number of hydrogen-bond acceptors (Lipinski definition) is 2. The second-order valence-corrected chi connectivity index (χ2v) is 6.93. The first-order valence-corrected chi connectivity index (χ1v) is 7.23. The monoisotopic (exact) mass is 197 g/mol. The molecule has 2 N–H and O–H groups in total. The van der Waals surface area contributed by atoms with E-state index in [1.807, 2.05) is 0 Å². The van der Waals surface area contributed by atoms with Gasteiger partial charge in [-0.2, -0.15) is 0 Å². The normalized spacial score (nSPS) is 16.3. The summed E-state index contributed by atoms with van der Waals surface area (Å²) in [7, 11) is 1.75. The Morgan fingerprint density at radius 3 is 2.50 bits per heavy atom. The topological polar surface area (TPSA) is 26.0 Å². The van der Waals surface area contributed by atoms with Crippen LogP contribution in [0.1, 0.15) is 26.7 Å². The molecule has 0 aliphatic rings. The summed E-state index contributed by atoms with van der Waals surface area (Å²) >= 11 is 4.93. The first kappa shape index (κ1) is 10.8. The molecule has 1 nitrogen and oxygen atoms in total. The predicted octanol–water partition coefficient (Wildman–Crippen LogP) is 1.17. The maximum absolute atomic E-state index is 5.84. The van der Waals surface area contributed by atoms with Gasteiger partial charge < -0.3 is 5.73 Å². The van der Waals surface area contributed by atoms with E-state index in [0.717, 1.165) is 6.42 Å². The highest BCUT2D eigenvalue weighted by atomic mass is 33.1. The molecule has 0 fully saturated rings. The van der Waals surface area contributed by atoms with E-state index in [1.165, 1.54) is 21.1 Å². The van der Waals surface area contributed by atoms with Crippen LogP contribution < -0.4 is 5.73 Å². The third-order valence-corrected chi connectivity index (χ3v) is 6.57. The van der Waals surface area contributed by atoms with Crippen molar-refractivity contribution in [3.63, 3.8) is 0 Å². The van der Waals surface area contributed by atoms with Crippen molar-refractivity contribution in [1.29, 1.82) is 0 Å². The van der Waals surface area contributed by atoms with Crippen molar-refractivity contribution in [1.82, 2.24) is 0 Å². The highest BCUT2D eigenvalue weighted by Crippen LogP contribution is 1.97. The molecule has 0 aromatic heterocycles. The van der Waals surface area contributed by atoms with Crippen LogP contribution in [0.5, 0.6) is 0 Å². The average Bonchev–Trinajstić information content (AvgIpc) is 1.99. The molecule has 0 aliphatic carbocycles. The molecular weight excluding hydrogens is 182 g/mol. The molecule has 0 aromatic rings. The summed E-state index contributed by atoms with van der Waals surface area (Å²) in [5, 5.41) is 0.322. The van der Waals surface area contributed by atoms with Gasteiger partial charge in [-0.3, -0.25) is 0 Å². The van der Waals surface area contributed by atoms with E-state index in [0.29, 0.717) is 5.37 Å². The molecule has 0 bridgehead atoms. The van der Waals surface area contributed by atoms with Crippen LogP contribution in [0.25, 0.3) is 0 Å². The molecule has 0 heterocycles. The lowest BCUT2D eigenvalue weighted by Gasteiger charge is -2.10. The minimum atomic E-state index is 0.233. The van der Waals surface area contributed by atoms with Gasteiger partial charge in [-0.05, 0) is 38.7 Å². The summed E-state index contributed by atoms with van der Waals surface area (Å²) in [6.45, 7) is 4.29. The zero-order chi connectivity index (χ0) is 7.98. The lowest BCUT2D eigenvalue weighted by Crippen LogP contribution is -2.25. The maximum Gasteiger partial charge on any atom is 0.0550 e. The quantitative estimate of drug-likeness (QED) is 0.732. The molecular formula is C6H15NS3. The zero-order valence-electron chi connectivity index (χ0n) is 6.50. The first-order chi connectivity index (χ1) is 4.76. The first-order valence-electron chi connectivity index (χ1n) is 3.51. The van der Waals surface area contributed by atoms with Crippen molar-refractivity contribution in [2.24, 2.45) is 5.73 Å². The van der Waals surface area contributed by atoms with E-state index < -0.39 is 0 Å². The third kappa shape index (κ3) is 3.81. The van der Waals surface area contributed by atoms with Gasteiger partial charge in [0.1, 0.15) is 0 Å². The third-order valence-electron chi connectivity index (χ3n) is 1.23. The second-order valence-electron chi connectivity index (χ2n) is 2.10. The molecule has 0 rings (SSSR count). The molecule has 62 valence electrons. The Morgan fingerprint density at radius 1 is 1.60 bits per heavy atom. The minimum Gasteiger partial charge on any atom is -0.319 e. The molecule has 0 saturated carbocycles. The van der Waals surface area contributed by atoms with Gasteiger partial charge in [-0.1, -0.05) is 13.8 Å².